The lowest BCUT2D eigenvalue weighted by Gasteiger charge is -2.16. The van der Waals surface area contributed by atoms with Crippen LogP contribution in [0.5, 0.6) is 0 Å². The number of carboxylic acid groups (broad SMARTS) is 2. The number of likely N-dealkylation sites (N-methyl/N-ethyl adjacent to an activating group) is 1. The molecule has 0 saturated heterocycles. The Bertz CT molecular complexity index is 183. The van der Waals surface area contributed by atoms with Crippen molar-refractivity contribution in [3.05, 3.63) is 0 Å². The molecule has 0 fully saturated rings. The van der Waals surface area contributed by atoms with Crippen molar-refractivity contribution in [3.63, 3.8) is 0 Å². The topological polar surface area (TPSA) is 89.9 Å². The predicted molar refractivity (Wildman–Crippen MR) is 45.8 cm³/mol. The van der Waals surface area contributed by atoms with Crippen molar-refractivity contribution >= 4 is 12.1 Å². The molecule has 6 nitrogen and oxygen atoms in total. The molecule has 13 heavy (non-hydrogen) atoms. The standard InChI is InChI=1S/C7H14N2O4/c1-2-9(7(12)13)4-3-8-5-6(10)11/h8H,2-5H2,1H3,(H,10,11)(H,12,13). The van der Waals surface area contributed by atoms with E-state index in [9.17, 15) is 9.59 Å². The number of rotatable bonds is 6. The highest BCUT2D eigenvalue weighted by atomic mass is 16.4. The molecule has 0 aliphatic carbocycles. The zero-order valence-electron chi connectivity index (χ0n) is 7.49. The molecule has 6 heteroatoms. The lowest BCUT2D eigenvalue weighted by molar-refractivity contribution is -0.135. The molecular weight excluding hydrogens is 176 g/mol. The Labute approximate surface area is 76.2 Å². The number of hydrogen-bond acceptors (Lipinski definition) is 3. The lowest BCUT2D eigenvalue weighted by Crippen LogP contribution is -2.37. The van der Waals surface area contributed by atoms with Gasteiger partial charge in [0.05, 0.1) is 6.54 Å². The van der Waals surface area contributed by atoms with Crippen molar-refractivity contribution < 1.29 is 19.8 Å². The first-order chi connectivity index (χ1) is 6.07. The SMILES string of the molecule is CCN(CCNCC(=O)O)C(=O)O. The van der Waals surface area contributed by atoms with Gasteiger partial charge < -0.3 is 20.4 Å². The number of aliphatic carboxylic acids is 1. The quantitative estimate of drug-likeness (QED) is 0.498. The van der Waals surface area contributed by atoms with Crippen LogP contribution in [0.3, 0.4) is 0 Å². The molecule has 0 aliphatic heterocycles. The molecule has 0 saturated carbocycles. The third-order valence-corrected chi connectivity index (χ3v) is 1.49. The Hall–Kier alpha value is -1.30. The van der Waals surface area contributed by atoms with Crippen LogP contribution in [0, 0.1) is 0 Å². The van der Waals surface area contributed by atoms with E-state index in [0.717, 1.165) is 0 Å². The molecule has 0 heterocycles. The minimum absolute atomic E-state index is 0.142. The van der Waals surface area contributed by atoms with E-state index in [4.69, 9.17) is 10.2 Å². The summed E-state index contributed by atoms with van der Waals surface area (Å²) in [5, 5.41) is 19.4. The number of nitrogens with zero attached hydrogens (tertiary/aromatic N) is 1. The minimum Gasteiger partial charge on any atom is -0.480 e. The lowest BCUT2D eigenvalue weighted by atomic mass is 10.5. The van der Waals surface area contributed by atoms with Crippen LogP contribution in [0.25, 0.3) is 0 Å². The van der Waals surface area contributed by atoms with Crippen LogP contribution < -0.4 is 5.32 Å². The van der Waals surface area contributed by atoms with Gasteiger partial charge in [0.2, 0.25) is 0 Å². The van der Waals surface area contributed by atoms with Gasteiger partial charge in [-0.1, -0.05) is 0 Å². The number of carboxylic acids is 1. The zero-order chi connectivity index (χ0) is 10.3. The summed E-state index contributed by atoms with van der Waals surface area (Å²) in [5.74, 6) is -0.946. The number of nitrogens with one attached hydrogen (secondary N) is 1. The Balaban J connectivity index is 3.50. The van der Waals surface area contributed by atoms with Gasteiger partial charge in [0.25, 0.3) is 0 Å². The van der Waals surface area contributed by atoms with Gasteiger partial charge in [-0.25, -0.2) is 4.79 Å². The summed E-state index contributed by atoms with van der Waals surface area (Å²) in [4.78, 5) is 21.7. The summed E-state index contributed by atoms with van der Waals surface area (Å²) >= 11 is 0. The maximum atomic E-state index is 10.4. The van der Waals surface area contributed by atoms with E-state index in [2.05, 4.69) is 5.32 Å². The third kappa shape index (κ3) is 5.92. The van der Waals surface area contributed by atoms with Crippen molar-refractivity contribution in [2.45, 2.75) is 6.92 Å². The average molecular weight is 190 g/mol. The summed E-state index contributed by atoms with van der Waals surface area (Å²) in [6, 6.07) is 0. The minimum atomic E-state index is -0.986. The predicted octanol–water partition coefficient (Wildman–Crippen LogP) is -0.339. The van der Waals surface area contributed by atoms with Crippen LogP contribution in [0.4, 0.5) is 4.79 Å². The van der Waals surface area contributed by atoms with Gasteiger partial charge >= 0.3 is 12.1 Å². The summed E-state index contributed by atoms with van der Waals surface area (Å²) in [6.07, 6.45) is -0.986. The Morgan fingerprint density at radius 3 is 2.38 bits per heavy atom. The summed E-state index contributed by atoms with van der Waals surface area (Å²) in [6.45, 7) is 2.65. The van der Waals surface area contributed by atoms with Crippen LogP contribution in [0.2, 0.25) is 0 Å². The van der Waals surface area contributed by atoms with E-state index in [1.165, 1.54) is 4.90 Å². The van der Waals surface area contributed by atoms with E-state index in [1.54, 1.807) is 6.92 Å². The van der Waals surface area contributed by atoms with Crippen molar-refractivity contribution in [2.24, 2.45) is 0 Å². The highest BCUT2D eigenvalue weighted by Crippen LogP contribution is 1.86. The molecule has 3 N–H and O–H groups in total. The first-order valence-corrected chi connectivity index (χ1v) is 3.98. The molecule has 76 valence electrons. The molecule has 0 bridgehead atoms. The molecule has 0 aliphatic rings. The highest BCUT2D eigenvalue weighted by Gasteiger charge is 2.07. The molecule has 0 spiro atoms. The van der Waals surface area contributed by atoms with Crippen LogP contribution >= 0.6 is 0 Å². The van der Waals surface area contributed by atoms with Crippen molar-refractivity contribution in [1.29, 1.82) is 0 Å². The van der Waals surface area contributed by atoms with Crippen LogP contribution in [-0.4, -0.2) is 53.4 Å². The molecule has 0 atom stereocenters. The summed E-state index contributed by atoms with van der Waals surface area (Å²) in [5.41, 5.74) is 0. The number of carbonyl (C=O) groups is 2. The van der Waals surface area contributed by atoms with Crippen molar-refractivity contribution in [3.8, 4) is 0 Å². The van der Waals surface area contributed by atoms with E-state index in [0.29, 0.717) is 19.6 Å². The number of amides is 1. The second kappa shape index (κ2) is 6.24. The largest absolute Gasteiger partial charge is 0.480 e. The maximum Gasteiger partial charge on any atom is 0.407 e. The van der Waals surface area contributed by atoms with E-state index in [1.807, 2.05) is 0 Å². The normalized spacial score (nSPS) is 9.62. The molecule has 0 unspecified atom stereocenters. The molecule has 0 aromatic carbocycles. The van der Waals surface area contributed by atoms with Gasteiger partial charge in [-0.05, 0) is 6.92 Å². The van der Waals surface area contributed by atoms with Gasteiger partial charge in [0.15, 0.2) is 0 Å². The Morgan fingerprint density at radius 1 is 1.38 bits per heavy atom. The monoisotopic (exact) mass is 190 g/mol. The molecule has 0 rings (SSSR count). The molecular formula is C7H14N2O4. The Morgan fingerprint density at radius 2 is 2.00 bits per heavy atom. The number of hydrogen-bond donors (Lipinski definition) is 3. The Kier molecular flexibility index (Phi) is 5.62. The average Bonchev–Trinajstić information content (AvgIpc) is 2.03. The van der Waals surface area contributed by atoms with Crippen LogP contribution in [0.15, 0.2) is 0 Å². The van der Waals surface area contributed by atoms with E-state index in [-0.39, 0.29) is 6.54 Å². The maximum absolute atomic E-state index is 10.4. The van der Waals surface area contributed by atoms with Gasteiger partial charge in [-0.3, -0.25) is 4.79 Å². The first-order valence-electron chi connectivity index (χ1n) is 3.98. The molecule has 0 aromatic heterocycles. The van der Waals surface area contributed by atoms with Crippen molar-refractivity contribution in [2.75, 3.05) is 26.2 Å². The van der Waals surface area contributed by atoms with E-state index < -0.39 is 12.1 Å². The fraction of sp³-hybridized carbons (Fsp3) is 0.714. The third-order valence-electron chi connectivity index (χ3n) is 1.49. The second-order valence-corrected chi connectivity index (χ2v) is 2.43. The van der Waals surface area contributed by atoms with Gasteiger partial charge in [-0.15, -0.1) is 0 Å². The molecule has 1 amide bonds. The summed E-state index contributed by atoms with van der Waals surface area (Å²) < 4.78 is 0. The van der Waals surface area contributed by atoms with Gasteiger partial charge in [-0.2, -0.15) is 0 Å². The second-order valence-electron chi connectivity index (χ2n) is 2.43. The first kappa shape index (κ1) is 11.7. The van der Waals surface area contributed by atoms with Gasteiger partial charge in [0.1, 0.15) is 0 Å². The van der Waals surface area contributed by atoms with Gasteiger partial charge in [0, 0.05) is 19.6 Å². The van der Waals surface area contributed by atoms with Crippen molar-refractivity contribution in [1.82, 2.24) is 10.2 Å². The summed E-state index contributed by atoms with van der Waals surface area (Å²) in [7, 11) is 0. The fourth-order valence-electron chi connectivity index (χ4n) is 0.798. The zero-order valence-corrected chi connectivity index (χ0v) is 7.49. The smallest absolute Gasteiger partial charge is 0.407 e. The fourth-order valence-corrected chi connectivity index (χ4v) is 0.798. The highest BCUT2D eigenvalue weighted by molar-refractivity contribution is 5.69. The van der Waals surface area contributed by atoms with Crippen LogP contribution in [0.1, 0.15) is 6.92 Å². The van der Waals surface area contributed by atoms with E-state index >= 15 is 0 Å². The molecule has 0 aromatic rings. The molecule has 0 radical (unpaired) electrons. The van der Waals surface area contributed by atoms with Crippen LogP contribution in [-0.2, 0) is 4.79 Å².